The van der Waals surface area contributed by atoms with Crippen molar-refractivity contribution < 1.29 is 18.8 Å². The highest BCUT2D eigenvalue weighted by atomic mass is 35.5. The summed E-state index contributed by atoms with van der Waals surface area (Å²) in [7, 11) is 3.90. The van der Waals surface area contributed by atoms with E-state index in [0.29, 0.717) is 30.6 Å². The molecule has 0 spiro atoms. The molecule has 2 heterocycles. The van der Waals surface area contributed by atoms with Crippen LogP contribution in [-0.2, 0) is 16.6 Å². The Morgan fingerprint density at radius 2 is 1.89 bits per heavy atom. The fourth-order valence-electron chi connectivity index (χ4n) is 3.93. The van der Waals surface area contributed by atoms with Gasteiger partial charge in [0.05, 0.1) is 27.0 Å². The van der Waals surface area contributed by atoms with Gasteiger partial charge in [0.1, 0.15) is 5.82 Å². The number of benzene rings is 1. The zero-order valence-electron chi connectivity index (χ0n) is 21.5. The molecule has 1 atom stereocenters. The standard InChI is InChI=1S/C25H32Cl2FN5O3S/c1-25(2,3)23-18(22(35)13-6-9-17(34)32-29-12-13)21(16(37-23)10-11-33(4)5)31-24(36)30-15-8-7-14(28)19(26)20(15)27/h7-8,13,29H,6,9-12H2,1-5H3,(H,32,34)(H2,30,31,36). The molecule has 0 aliphatic carbocycles. The molecule has 3 rings (SSSR count). The number of hydrogen-bond donors (Lipinski definition) is 4. The van der Waals surface area contributed by atoms with Gasteiger partial charge >= 0.3 is 6.03 Å². The van der Waals surface area contributed by atoms with Crippen LogP contribution in [0.4, 0.5) is 20.6 Å². The van der Waals surface area contributed by atoms with Gasteiger partial charge in [0.25, 0.3) is 0 Å². The quantitative estimate of drug-likeness (QED) is 0.261. The second-order valence-electron chi connectivity index (χ2n) is 10.2. The van der Waals surface area contributed by atoms with E-state index in [-0.39, 0.29) is 45.8 Å². The molecule has 1 aromatic carbocycles. The summed E-state index contributed by atoms with van der Waals surface area (Å²) < 4.78 is 13.7. The molecule has 1 aliphatic heterocycles. The lowest BCUT2D eigenvalue weighted by atomic mass is 9.85. The number of ketones is 1. The molecular formula is C25H32Cl2FN5O3S. The summed E-state index contributed by atoms with van der Waals surface area (Å²) in [5.41, 5.74) is 6.06. The third-order valence-electron chi connectivity index (χ3n) is 5.88. The van der Waals surface area contributed by atoms with Crippen molar-refractivity contribution in [1.29, 1.82) is 0 Å². The maximum Gasteiger partial charge on any atom is 0.323 e. The summed E-state index contributed by atoms with van der Waals surface area (Å²) in [6.45, 7) is 7.05. The number of hydrogen-bond acceptors (Lipinski definition) is 6. The Morgan fingerprint density at radius 3 is 2.54 bits per heavy atom. The number of amides is 3. The van der Waals surface area contributed by atoms with Crippen molar-refractivity contribution in [2.45, 2.75) is 45.4 Å². The number of carbonyl (C=O) groups is 3. The molecule has 1 fully saturated rings. The van der Waals surface area contributed by atoms with Gasteiger partial charge in [0.15, 0.2) is 5.78 Å². The van der Waals surface area contributed by atoms with Crippen LogP contribution in [0.15, 0.2) is 12.1 Å². The Labute approximate surface area is 230 Å². The molecule has 2 aromatic rings. The van der Waals surface area contributed by atoms with Crippen molar-refractivity contribution in [1.82, 2.24) is 15.8 Å². The maximum absolute atomic E-state index is 13.9. The highest BCUT2D eigenvalue weighted by Gasteiger charge is 2.35. The molecule has 1 aliphatic rings. The van der Waals surface area contributed by atoms with Crippen LogP contribution in [0.5, 0.6) is 0 Å². The third-order valence-corrected chi connectivity index (χ3v) is 8.42. The summed E-state index contributed by atoms with van der Waals surface area (Å²) >= 11 is 13.5. The lowest BCUT2D eigenvalue weighted by Crippen LogP contribution is -2.38. The average molecular weight is 573 g/mol. The Morgan fingerprint density at radius 1 is 1.19 bits per heavy atom. The minimum absolute atomic E-state index is 0.122. The smallest absolute Gasteiger partial charge is 0.309 e. The number of nitrogens with one attached hydrogen (secondary N) is 4. The van der Waals surface area contributed by atoms with Crippen LogP contribution in [0, 0.1) is 11.7 Å². The Bertz CT molecular complexity index is 1200. The summed E-state index contributed by atoms with van der Waals surface area (Å²) in [6, 6.07) is 1.79. The number of carbonyl (C=O) groups excluding carboxylic acids is 3. The van der Waals surface area contributed by atoms with Crippen LogP contribution in [0.3, 0.4) is 0 Å². The summed E-state index contributed by atoms with van der Waals surface area (Å²) in [5.74, 6) is -1.46. The number of rotatable bonds is 7. The molecule has 1 saturated heterocycles. The van der Waals surface area contributed by atoms with Gasteiger partial charge in [-0.15, -0.1) is 11.3 Å². The molecular weight excluding hydrogens is 540 g/mol. The fourth-order valence-corrected chi connectivity index (χ4v) is 5.61. The van der Waals surface area contributed by atoms with E-state index in [0.717, 1.165) is 15.8 Å². The lowest BCUT2D eigenvalue weighted by Gasteiger charge is -2.22. The molecule has 0 radical (unpaired) electrons. The number of nitrogens with zero attached hydrogens (tertiary/aromatic N) is 1. The second-order valence-corrected chi connectivity index (χ2v) is 12.1. The fraction of sp³-hybridized carbons (Fsp3) is 0.480. The van der Waals surface area contributed by atoms with Gasteiger partial charge in [-0.05, 0) is 44.5 Å². The Balaban J connectivity index is 2.03. The van der Waals surface area contributed by atoms with E-state index in [1.54, 1.807) is 0 Å². The number of Topliss-reactive ketones (excluding diaryl/α,β-unsaturated/α-hetero) is 1. The van der Waals surface area contributed by atoms with Gasteiger partial charge in [-0.25, -0.2) is 14.6 Å². The highest BCUT2D eigenvalue weighted by molar-refractivity contribution is 7.13. The van der Waals surface area contributed by atoms with E-state index in [2.05, 4.69) is 21.5 Å². The van der Waals surface area contributed by atoms with Crippen LogP contribution < -0.4 is 21.5 Å². The van der Waals surface area contributed by atoms with Gasteiger partial charge in [-0.2, -0.15) is 0 Å². The summed E-state index contributed by atoms with van der Waals surface area (Å²) in [4.78, 5) is 42.6. The molecule has 8 nitrogen and oxygen atoms in total. The molecule has 0 bridgehead atoms. The minimum atomic E-state index is -0.700. The maximum atomic E-state index is 13.9. The molecule has 37 heavy (non-hydrogen) atoms. The second kappa shape index (κ2) is 12.1. The van der Waals surface area contributed by atoms with Crippen LogP contribution in [0.1, 0.15) is 53.7 Å². The van der Waals surface area contributed by atoms with Crippen molar-refractivity contribution >= 4 is 63.6 Å². The summed E-state index contributed by atoms with van der Waals surface area (Å²) in [5, 5.41) is 5.07. The molecule has 0 saturated carbocycles. The SMILES string of the molecule is CN(C)CCc1sc(C(C)(C)C)c(C(=O)C2CCC(=O)NNC2)c1NC(=O)Nc1ccc(F)c(Cl)c1Cl. The zero-order chi connectivity index (χ0) is 27.5. The zero-order valence-corrected chi connectivity index (χ0v) is 23.8. The minimum Gasteiger partial charge on any atom is -0.309 e. The Kier molecular flexibility index (Phi) is 9.57. The molecule has 202 valence electrons. The summed E-state index contributed by atoms with van der Waals surface area (Å²) in [6.07, 6.45) is 1.22. The van der Waals surface area contributed by atoms with Gasteiger partial charge in [-0.1, -0.05) is 44.0 Å². The molecule has 1 aromatic heterocycles. The van der Waals surface area contributed by atoms with E-state index in [9.17, 15) is 18.8 Å². The van der Waals surface area contributed by atoms with Crippen LogP contribution in [0.25, 0.3) is 0 Å². The first kappa shape index (κ1) is 29.3. The van der Waals surface area contributed by atoms with E-state index in [1.165, 1.54) is 17.4 Å². The number of anilines is 2. The van der Waals surface area contributed by atoms with Gasteiger partial charge in [-0.3, -0.25) is 15.0 Å². The molecule has 12 heteroatoms. The first-order chi connectivity index (χ1) is 17.3. The predicted molar refractivity (Wildman–Crippen MR) is 148 cm³/mol. The van der Waals surface area contributed by atoms with E-state index < -0.39 is 17.8 Å². The molecule has 3 amide bonds. The number of thiophene rings is 1. The number of urea groups is 1. The normalized spacial score (nSPS) is 16.4. The number of hydrazine groups is 1. The van der Waals surface area contributed by atoms with Crippen molar-refractivity contribution in [3.05, 3.63) is 43.3 Å². The van der Waals surface area contributed by atoms with Crippen molar-refractivity contribution in [3.63, 3.8) is 0 Å². The monoisotopic (exact) mass is 571 g/mol. The van der Waals surface area contributed by atoms with Gasteiger partial charge < -0.3 is 15.5 Å². The average Bonchev–Trinajstić information content (AvgIpc) is 3.03. The first-order valence-electron chi connectivity index (χ1n) is 11.9. The predicted octanol–water partition coefficient (Wildman–Crippen LogP) is 5.45. The van der Waals surface area contributed by atoms with Crippen molar-refractivity contribution in [2.24, 2.45) is 5.92 Å². The van der Waals surface area contributed by atoms with Crippen molar-refractivity contribution in [2.75, 3.05) is 37.8 Å². The topological polar surface area (TPSA) is 103 Å². The third kappa shape index (κ3) is 7.20. The van der Waals surface area contributed by atoms with Crippen LogP contribution in [0.2, 0.25) is 10.0 Å². The van der Waals surface area contributed by atoms with E-state index >= 15 is 0 Å². The Hall–Kier alpha value is -2.24. The van der Waals surface area contributed by atoms with Crippen molar-refractivity contribution in [3.8, 4) is 0 Å². The highest BCUT2D eigenvalue weighted by Crippen LogP contribution is 2.43. The molecule has 1 unspecified atom stereocenters. The van der Waals surface area contributed by atoms with Gasteiger partial charge in [0, 0.05) is 35.2 Å². The first-order valence-corrected chi connectivity index (χ1v) is 13.4. The van der Waals surface area contributed by atoms with E-state index in [1.807, 2.05) is 39.8 Å². The van der Waals surface area contributed by atoms with Gasteiger partial charge in [0.2, 0.25) is 5.91 Å². The van der Waals surface area contributed by atoms with Crippen LogP contribution >= 0.6 is 34.5 Å². The number of halogens is 3. The largest absolute Gasteiger partial charge is 0.323 e. The van der Waals surface area contributed by atoms with E-state index in [4.69, 9.17) is 23.2 Å². The molecule has 4 N–H and O–H groups in total. The lowest BCUT2D eigenvalue weighted by molar-refractivity contribution is -0.121. The number of likely N-dealkylation sites (N-methyl/N-ethyl adjacent to an activating group) is 1. The van der Waals surface area contributed by atoms with Crippen LogP contribution in [-0.4, -0.2) is 49.8 Å².